The molecule has 1 aromatic heterocycles. The predicted molar refractivity (Wildman–Crippen MR) is 108 cm³/mol. The minimum atomic E-state index is -0.341. The van der Waals surface area contributed by atoms with Gasteiger partial charge in [-0.2, -0.15) is 4.98 Å². The number of hydrogen-bond donors (Lipinski definition) is 1. The van der Waals surface area contributed by atoms with E-state index in [0.29, 0.717) is 34.6 Å². The Balaban J connectivity index is 2.01. The van der Waals surface area contributed by atoms with Gasteiger partial charge in [-0.1, -0.05) is 42.6 Å². The second-order valence-corrected chi connectivity index (χ2v) is 7.08. The SMILES string of the molecule is C=CCOc1ccc([C@@H]2CC(=O)Nc3c2c(=O)nc(SCC=C)n3C)cc1. The molecule has 2 aromatic rings. The predicted octanol–water partition coefficient (Wildman–Crippen LogP) is 3.10. The molecular weight excluding hydrogens is 362 g/mol. The normalized spacial score (nSPS) is 15.6. The van der Waals surface area contributed by atoms with Crippen LogP contribution in [0.3, 0.4) is 0 Å². The van der Waals surface area contributed by atoms with Crippen molar-refractivity contribution in [3.63, 3.8) is 0 Å². The Morgan fingerprint density at radius 2 is 2.04 bits per heavy atom. The van der Waals surface area contributed by atoms with Crippen LogP contribution in [0.5, 0.6) is 5.75 Å². The van der Waals surface area contributed by atoms with Crippen LogP contribution in [0.15, 0.2) is 59.5 Å². The van der Waals surface area contributed by atoms with Gasteiger partial charge in [0, 0.05) is 25.1 Å². The van der Waals surface area contributed by atoms with Crippen LogP contribution in [0.4, 0.5) is 5.82 Å². The van der Waals surface area contributed by atoms with Crippen molar-refractivity contribution in [3.8, 4) is 5.75 Å². The molecule has 3 rings (SSSR count). The lowest BCUT2D eigenvalue weighted by molar-refractivity contribution is -0.116. The zero-order valence-electron chi connectivity index (χ0n) is 15.1. The fourth-order valence-corrected chi connectivity index (χ4v) is 3.73. The Hall–Kier alpha value is -2.80. The summed E-state index contributed by atoms with van der Waals surface area (Å²) in [6.45, 7) is 7.73. The molecule has 1 N–H and O–H groups in total. The van der Waals surface area contributed by atoms with E-state index in [1.165, 1.54) is 11.8 Å². The van der Waals surface area contributed by atoms with Crippen LogP contribution < -0.4 is 15.6 Å². The van der Waals surface area contributed by atoms with Gasteiger partial charge in [0.2, 0.25) is 5.91 Å². The van der Waals surface area contributed by atoms with Gasteiger partial charge < -0.3 is 14.6 Å². The minimum absolute atomic E-state index is 0.125. The third kappa shape index (κ3) is 3.98. The Labute approximate surface area is 162 Å². The van der Waals surface area contributed by atoms with Crippen molar-refractivity contribution < 1.29 is 9.53 Å². The smallest absolute Gasteiger partial charge is 0.279 e. The van der Waals surface area contributed by atoms with Gasteiger partial charge in [0.05, 0.1) is 5.56 Å². The van der Waals surface area contributed by atoms with Crippen molar-refractivity contribution in [1.82, 2.24) is 9.55 Å². The molecule has 0 aliphatic carbocycles. The van der Waals surface area contributed by atoms with E-state index in [1.54, 1.807) is 23.8 Å². The van der Waals surface area contributed by atoms with E-state index in [4.69, 9.17) is 4.74 Å². The lowest BCUT2D eigenvalue weighted by Gasteiger charge is -2.27. The Bertz CT molecular complexity index is 935. The third-order valence-corrected chi connectivity index (χ3v) is 5.31. The first-order chi connectivity index (χ1) is 13.0. The number of amides is 1. The van der Waals surface area contributed by atoms with E-state index in [9.17, 15) is 9.59 Å². The molecular formula is C20H21N3O3S. The third-order valence-electron chi connectivity index (χ3n) is 4.28. The van der Waals surface area contributed by atoms with Crippen molar-refractivity contribution >= 4 is 23.5 Å². The lowest BCUT2D eigenvalue weighted by atomic mass is 9.87. The van der Waals surface area contributed by atoms with Gasteiger partial charge in [0.15, 0.2) is 5.16 Å². The van der Waals surface area contributed by atoms with E-state index in [0.717, 1.165) is 5.56 Å². The largest absolute Gasteiger partial charge is 0.490 e. The topological polar surface area (TPSA) is 73.2 Å². The van der Waals surface area contributed by atoms with Crippen LogP contribution in [-0.4, -0.2) is 27.8 Å². The van der Waals surface area contributed by atoms with Crippen molar-refractivity contribution in [2.24, 2.45) is 7.05 Å². The maximum Gasteiger partial charge on any atom is 0.279 e. The molecule has 0 saturated carbocycles. The zero-order chi connectivity index (χ0) is 19.4. The number of aromatic nitrogens is 2. The molecule has 140 valence electrons. The fraction of sp³-hybridized carbons (Fsp3) is 0.250. The maximum absolute atomic E-state index is 12.7. The summed E-state index contributed by atoms with van der Waals surface area (Å²) in [7, 11) is 1.80. The lowest BCUT2D eigenvalue weighted by Crippen LogP contribution is -2.33. The summed E-state index contributed by atoms with van der Waals surface area (Å²) in [6.07, 6.45) is 3.62. The molecule has 0 radical (unpaired) electrons. The summed E-state index contributed by atoms with van der Waals surface area (Å²) in [5, 5.41) is 3.38. The number of carbonyl (C=O) groups is 1. The molecule has 0 bridgehead atoms. The van der Waals surface area contributed by atoms with E-state index in [1.807, 2.05) is 24.3 Å². The highest BCUT2D eigenvalue weighted by molar-refractivity contribution is 7.99. The standard InChI is InChI=1S/C20H21N3O3S/c1-4-10-26-14-8-6-13(7-9-14)15-12-16(24)21-18-17(15)19(25)22-20(23(18)3)27-11-5-2/h4-9,15H,1-2,10-12H2,3H3,(H,21,24)/t15-/m0/s1. The summed E-state index contributed by atoms with van der Waals surface area (Å²) in [4.78, 5) is 29.3. The number of thioether (sulfide) groups is 1. The van der Waals surface area contributed by atoms with E-state index in [2.05, 4.69) is 23.5 Å². The maximum atomic E-state index is 12.7. The van der Waals surface area contributed by atoms with Crippen molar-refractivity contribution in [2.75, 3.05) is 17.7 Å². The molecule has 6 nitrogen and oxygen atoms in total. The number of rotatable bonds is 7. The molecule has 0 fully saturated rings. The summed E-state index contributed by atoms with van der Waals surface area (Å²) < 4.78 is 7.26. The molecule has 1 amide bonds. The quantitative estimate of drug-likeness (QED) is 0.452. The molecule has 0 saturated heterocycles. The van der Waals surface area contributed by atoms with Crippen LogP contribution in [0.1, 0.15) is 23.5 Å². The van der Waals surface area contributed by atoms with Gasteiger partial charge in [-0.05, 0) is 17.7 Å². The second kappa shape index (κ2) is 8.26. The first-order valence-corrected chi connectivity index (χ1v) is 9.51. The average molecular weight is 383 g/mol. The number of ether oxygens (including phenoxy) is 1. The van der Waals surface area contributed by atoms with Gasteiger partial charge >= 0.3 is 0 Å². The number of hydrogen-bond acceptors (Lipinski definition) is 5. The molecule has 0 unspecified atom stereocenters. The Morgan fingerprint density at radius 1 is 1.30 bits per heavy atom. The highest BCUT2D eigenvalue weighted by atomic mass is 32.2. The minimum Gasteiger partial charge on any atom is -0.490 e. The fourth-order valence-electron chi connectivity index (χ4n) is 3.03. The monoisotopic (exact) mass is 383 g/mol. The van der Waals surface area contributed by atoms with Crippen molar-refractivity contribution in [3.05, 3.63) is 71.1 Å². The number of anilines is 1. The van der Waals surface area contributed by atoms with Gasteiger partial charge in [-0.3, -0.25) is 9.59 Å². The summed E-state index contributed by atoms with van der Waals surface area (Å²) in [5.74, 6) is 1.38. The van der Waals surface area contributed by atoms with E-state index in [-0.39, 0.29) is 23.8 Å². The Morgan fingerprint density at radius 3 is 2.70 bits per heavy atom. The molecule has 1 aliphatic rings. The molecule has 1 aromatic carbocycles. The first-order valence-electron chi connectivity index (χ1n) is 8.53. The van der Waals surface area contributed by atoms with Crippen LogP contribution >= 0.6 is 11.8 Å². The number of benzene rings is 1. The van der Waals surface area contributed by atoms with E-state index >= 15 is 0 Å². The van der Waals surface area contributed by atoms with Gasteiger partial charge in [-0.25, -0.2) is 0 Å². The summed E-state index contributed by atoms with van der Waals surface area (Å²) >= 11 is 1.40. The zero-order valence-corrected chi connectivity index (χ0v) is 15.9. The Kier molecular flexibility index (Phi) is 5.81. The molecule has 7 heteroatoms. The first kappa shape index (κ1) is 19.0. The van der Waals surface area contributed by atoms with Gasteiger partial charge in [-0.15, -0.1) is 6.58 Å². The summed E-state index contributed by atoms with van der Waals surface area (Å²) in [5.41, 5.74) is 1.08. The highest BCUT2D eigenvalue weighted by Crippen LogP contribution is 2.36. The van der Waals surface area contributed by atoms with Gasteiger partial charge in [0.1, 0.15) is 18.2 Å². The van der Waals surface area contributed by atoms with Crippen LogP contribution in [0, 0.1) is 0 Å². The average Bonchev–Trinajstić information content (AvgIpc) is 2.67. The van der Waals surface area contributed by atoms with Crippen LogP contribution in [0.2, 0.25) is 0 Å². The number of carbonyl (C=O) groups excluding carboxylic acids is 1. The molecule has 1 atom stereocenters. The molecule has 1 aliphatic heterocycles. The van der Waals surface area contributed by atoms with Gasteiger partial charge in [0.25, 0.3) is 5.56 Å². The molecule has 2 heterocycles. The molecule has 27 heavy (non-hydrogen) atoms. The number of nitrogens with zero attached hydrogens (tertiary/aromatic N) is 2. The number of fused-ring (bicyclic) bond motifs is 1. The molecule has 0 spiro atoms. The highest BCUT2D eigenvalue weighted by Gasteiger charge is 2.32. The number of nitrogens with one attached hydrogen (secondary N) is 1. The van der Waals surface area contributed by atoms with Crippen LogP contribution in [-0.2, 0) is 11.8 Å². The van der Waals surface area contributed by atoms with Crippen LogP contribution in [0.25, 0.3) is 0 Å². The second-order valence-electron chi connectivity index (χ2n) is 6.09. The van der Waals surface area contributed by atoms with Crippen molar-refractivity contribution in [1.29, 1.82) is 0 Å². The summed E-state index contributed by atoms with van der Waals surface area (Å²) in [6, 6.07) is 7.42. The van der Waals surface area contributed by atoms with E-state index < -0.39 is 0 Å². The van der Waals surface area contributed by atoms with Crippen molar-refractivity contribution in [2.45, 2.75) is 17.5 Å².